The summed E-state index contributed by atoms with van der Waals surface area (Å²) in [6.45, 7) is 2.24. The summed E-state index contributed by atoms with van der Waals surface area (Å²) >= 11 is 10.0. The number of methoxy groups -OCH3 is 1. The predicted molar refractivity (Wildman–Crippen MR) is 130 cm³/mol. The molecule has 0 radical (unpaired) electrons. The molecule has 0 aliphatic carbocycles. The van der Waals surface area contributed by atoms with Gasteiger partial charge in [-0.2, -0.15) is 0 Å². The Morgan fingerprint density at radius 1 is 1.39 bits per heavy atom. The van der Waals surface area contributed by atoms with E-state index in [0.29, 0.717) is 30.8 Å². The van der Waals surface area contributed by atoms with Gasteiger partial charge in [-0.3, -0.25) is 4.98 Å². The number of thiophene rings is 1. The van der Waals surface area contributed by atoms with E-state index >= 15 is 0 Å². The number of fused-ring (bicyclic) bond motifs is 1. The monoisotopic (exact) mass is 512 g/mol. The van der Waals surface area contributed by atoms with Crippen LogP contribution in [0.5, 0.6) is 5.75 Å². The zero-order valence-corrected chi connectivity index (χ0v) is 23.4. The van der Waals surface area contributed by atoms with Crippen LogP contribution in [0.1, 0.15) is 24.8 Å². The quantitative estimate of drug-likeness (QED) is 0.303. The first-order chi connectivity index (χ1) is 15.5. The predicted octanol–water partition coefficient (Wildman–Crippen LogP) is 1.52. The van der Waals surface area contributed by atoms with Crippen molar-refractivity contribution in [1.82, 2.24) is 9.88 Å². The molecule has 1 aromatic carbocycles. The van der Waals surface area contributed by atoms with E-state index < -0.39 is 11.4 Å². The minimum Gasteiger partial charge on any atom is -0.550 e. The molecule has 4 rings (SSSR count). The number of halogens is 1. The summed E-state index contributed by atoms with van der Waals surface area (Å²) in [5, 5.41) is 15.8. The van der Waals surface area contributed by atoms with Gasteiger partial charge in [0.1, 0.15) is 5.75 Å². The Morgan fingerprint density at radius 3 is 2.97 bits per heavy atom. The number of carboxylic acid groups (broad SMARTS) is 1. The van der Waals surface area contributed by atoms with Crippen molar-refractivity contribution in [2.75, 3.05) is 32.5 Å². The minimum absolute atomic E-state index is 0. The number of pyridine rings is 1. The Morgan fingerprint density at radius 2 is 2.24 bits per heavy atom. The molecule has 1 saturated heterocycles. The number of aliphatic carboxylic acids is 1. The number of carboxylic acids is 1. The number of nitrogens with zero attached hydrogens (tertiary/aromatic N) is 2. The van der Waals surface area contributed by atoms with Crippen molar-refractivity contribution in [3.05, 3.63) is 52.5 Å². The van der Waals surface area contributed by atoms with Gasteiger partial charge in [-0.15, -0.1) is 23.1 Å². The summed E-state index contributed by atoms with van der Waals surface area (Å²) in [7, 11) is 1.63. The van der Waals surface area contributed by atoms with E-state index in [1.807, 2.05) is 30.0 Å². The number of hydrogen-bond acceptors (Lipinski definition) is 7. The maximum Gasteiger partial charge on any atom is 1.00 e. The number of ether oxygens (including phenoxy) is 1. The number of carbonyl (C=O) groups is 1. The molecule has 1 aliphatic rings. The van der Waals surface area contributed by atoms with E-state index in [4.69, 9.17) is 16.3 Å². The molecule has 9 heteroatoms. The molecule has 5 nitrogen and oxygen atoms in total. The third-order valence-electron chi connectivity index (χ3n) is 6.23. The number of rotatable bonds is 10. The van der Waals surface area contributed by atoms with Gasteiger partial charge in [0.05, 0.1) is 21.9 Å². The first kappa shape index (κ1) is 26.8. The molecule has 0 saturated carbocycles. The zero-order chi connectivity index (χ0) is 22.6. The SMILES string of the molecule is COc1ccc2ncc(Cl)c(CCCC3(C(=O)[O-])CCN(CCSc4cccs4)C3)c2c1.[Na+]. The first-order valence-corrected chi connectivity index (χ1v) is 13.0. The molecule has 0 amide bonds. The van der Waals surface area contributed by atoms with Crippen LogP contribution in [0, 0.1) is 5.41 Å². The summed E-state index contributed by atoms with van der Waals surface area (Å²) in [5.74, 6) is 0.781. The molecule has 1 aliphatic heterocycles. The number of likely N-dealkylation sites (tertiary alicyclic amines) is 1. The summed E-state index contributed by atoms with van der Waals surface area (Å²) in [6.07, 6.45) is 4.30. The van der Waals surface area contributed by atoms with Crippen molar-refractivity contribution in [2.24, 2.45) is 5.41 Å². The number of thioether (sulfide) groups is 1. The van der Waals surface area contributed by atoms with Crippen molar-refractivity contribution < 1.29 is 44.2 Å². The molecule has 3 heterocycles. The first-order valence-electron chi connectivity index (χ1n) is 10.7. The zero-order valence-electron chi connectivity index (χ0n) is 19.0. The van der Waals surface area contributed by atoms with E-state index in [1.54, 1.807) is 24.6 Å². The van der Waals surface area contributed by atoms with Crippen LogP contribution in [0.15, 0.2) is 46.1 Å². The Bertz CT molecular complexity index is 1080. The molecule has 0 spiro atoms. The van der Waals surface area contributed by atoms with Crippen molar-refractivity contribution in [3.8, 4) is 5.75 Å². The van der Waals surface area contributed by atoms with Crippen LogP contribution in [0.25, 0.3) is 10.9 Å². The number of hydrogen-bond donors (Lipinski definition) is 0. The second-order valence-corrected chi connectivity index (χ2v) is 10.9. The summed E-state index contributed by atoms with van der Waals surface area (Å²) in [5.41, 5.74) is 1.06. The van der Waals surface area contributed by atoms with Crippen molar-refractivity contribution in [3.63, 3.8) is 0 Å². The molecule has 1 unspecified atom stereocenters. The van der Waals surface area contributed by atoms with E-state index in [2.05, 4.69) is 27.4 Å². The van der Waals surface area contributed by atoms with Crippen LogP contribution >= 0.6 is 34.7 Å². The van der Waals surface area contributed by atoms with Gasteiger partial charge in [-0.25, -0.2) is 0 Å². The van der Waals surface area contributed by atoms with Crippen molar-refractivity contribution in [2.45, 2.75) is 29.9 Å². The van der Waals surface area contributed by atoms with Gasteiger partial charge < -0.3 is 19.5 Å². The molecule has 170 valence electrons. The molecule has 3 aromatic rings. The Kier molecular flexibility index (Phi) is 9.95. The maximum atomic E-state index is 12.1. The fraction of sp³-hybridized carbons (Fsp3) is 0.417. The van der Waals surface area contributed by atoms with Gasteiger partial charge in [0.2, 0.25) is 0 Å². The van der Waals surface area contributed by atoms with E-state index in [-0.39, 0.29) is 29.6 Å². The second kappa shape index (κ2) is 12.2. The van der Waals surface area contributed by atoms with Crippen LogP contribution in [0.4, 0.5) is 0 Å². The number of benzene rings is 1. The summed E-state index contributed by atoms with van der Waals surface area (Å²) in [6, 6.07) is 9.91. The molecule has 1 fully saturated rings. The van der Waals surface area contributed by atoms with Crippen LogP contribution in [0.3, 0.4) is 0 Å². The van der Waals surface area contributed by atoms with Crippen LogP contribution in [-0.4, -0.2) is 48.4 Å². The van der Waals surface area contributed by atoms with Gasteiger partial charge >= 0.3 is 29.6 Å². The third kappa shape index (κ3) is 6.45. The Balaban J connectivity index is 0.00000306. The van der Waals surface area contributed by atoms with Crippen LogP contribution in [0.2, 0.25) is 5.02 Å². The fourth-order valence-electron chi connectivity index (χ4n) is 4.43. The summed E-state index contributed by atoms with van der Waals surface area (Å²) in [4.78, 5) is 18.8. The van der Waals surface area contributed by atoms with Gasteiger partial charge in [-0.05, 0) is 67.4 Å². The number of aryl methyl sites for hydroxylation is 1. The van der Waals surface area contributed by atoms with E-state index in [0.717, 1.165) is 47.5 Å². The molecule has 2 aromatic heterocycles. The number of carbonyl (C=O) groups excluding carboxylic acids is 1. The van der Waals surface area contributed by atoms with Crippen molar-refractivity contribution in [1.29, 1.82) is 0 Å². The molecule has 0 bridgehead atoms. The maximum absolute atomic E-state index is 12.1. The normalized spacial score (nSPS) is 18.4. The van der Waals surface area contributed by atoms with Crippen molar-refractivity contribution >= 4 is 51.6 Å². The van der Waals surface area contributed by atoms with Crippen LogP contribution < -0.4 is 39.4 Å². The van der Waals surface area contributed by atoms with E-state index in [9.17, 15) is 9.90 Å². The standard InChI is InChI=1S/C24H27ClN2O3S2.Na/c1-30-17-6-7-21-19(14-17)18(20(25)15-26-21)4-2-8-24(23(28)29)9-10-27(16-24)11-13-32-22-5-3-12-31-22;/h3,5-7,12,14-15H,2,4,8-11,13,16H2,1H3,(H,28,29);/q;+1/p-1. The third-order valence-corrected chi connectivity index (χ3v) is 8.67. The molecule has 33 heavy (non-hydrogen) atoms. The van der Waals surface area contributed by atoms with Gasteiger partial charge in [0.15, 0.2) is 0 Å². The fourth-order valence-corrected chi connectivity index (χ4v) is 6.54. The van der Waals surface area contributed by atoms with Gasteiger partial charge in [0.25, 0.3) is 0 Å². The number of aromatic nitrogens is 1. The average molecular weight is 513 g/mol. The van der Waals surface area contributed by atoms with Gasteiger partial charge in [0, 0.05) is 41.8 Å². The smallest absolute Gasteiger partial charge is 0.550 e. The Hall–Kier alpha value is -0.800. The Labute approximate surface area is 230 Å². The average Bonchev–Trinajstić information content (AvgIpc) is 3.46. The topological polar surface area (TPSA) is 65.5 Å². The second-order valence-electron chi connectivity index (χ2n) is 8.20. The minimum atomic E-state index is -0.932. The largest absolute Gasteiger partial charge is 1.00 e. The van der Waals surface area contributed by atoms with E-state index in [1.165, 1.54) is 4.21 Å². The molecular formula is C24H26ClN2NaO3S2. The molecule has 1 atom stereocenters. The molecular weight excluding hydrogens is 487 g/mol. The molecule has 0 N–H and O–H groups in total. The van der Waals surface area contributed by atoms with Gasteiger partial charge in [-0.1, -0.05) is 17.7 Å². The van der Waals surface area contributed by atoms with Crippen LogP contribution in [-0.2, 0) is 11.2 Å². The summed E-state index contributed by atoms with van der Waals surface area (Å²) < 4.78 is 6.65.